The zero-order valence-electron chi connectivity index (χ0n) is 13.6. The van der Waals surface area contributed by atoms with Gasteiger partial charge in [0.2, 0.25) is 5.91 Å². The van der Waals surface area contributed by atoms with Gasteiger partial charge in [0, 0.05) is 21.5 Å². The minimum Gasteiger partial charge on any atom is -0.486 e. The first-order valence-electron chi connectivity index (χ1n) is 8.08. The topological polar surface area (TPSA) is 38.8 Å². The van der Waals surface area contributed by atoms with Crippen LogP contribution in [-0.4, -0.2) is 23.5 Å². The molecule has 0 spiro atoms. The Morgan fingerprint density at radius 2 is 1.96 bits per heavy atom. The number of rotatable bonds is 4. The number of hydrogen-bond acceptors (Lipinski definition) is 4. The van der Waals surface area contributed by atoms with Gasteiger partial charge in [-0.25, -0.2) is 0 Å². The van der Waals surface area contributed by atoms with Crippen LogP contribution in [0, 0.1) is 12.8 Å². The molecule has 0 bridgehead atoms. The molecule has 2 heterocycles. The largest absolute Gasteiger partial charge is 0.486 e. The number of carbonyl (C=O) groups excluding carboxylic acids is 1. The van der Waals surface area contributed by atoms with Crippen molar-refractivity contribution in [3.05, 3.63) is 40.1 Å². The highest BCUT2D eigenvalue weighted by molar-refractivity contribution is 7.11. The maximum absolute atomic E-state index is 13.0. The third-order valence-corrected chi connectivity index (χ3v) is 6.16. The first-order chi connectivity index (χ1) is 11.9. The van der Waals surface area contributed by atoms with Crippen molar-refractivity contribution in [3.8, 4) is 11.5 Å². The van der Waals surface area contributed by atoms with Gasteiger partial charge >= 0.3 is 0 Å². The Hall–Kier alpha value is -1.43. The van der Waals surface area contributed by atoms with Crippen LogP contribution in [-0.2, 0) is 11.3 Å². The fraction of sp³-hybridized carbons (Fsp3) is 0.389. The van der Waals surface area contributed by atoms with Crippen LogP contribution in [0.15, 0.2) is 30.3 Å². The highest BCUT2D eigenvalue weighted by atomic mass is 35.5. The maximum atomic E-state index is 13.0. The molecular formula is C18H17Cl2NO3S. The number of hydrogen-bond donors (Lipinski definition) is 0. The van der Waals surface area contributed by atoms with Crippen LogP contribution in [0.4, 0.5) is 5.69 Å². The summed E-state index contributed by atoms with van der Waals surface area (Å²) in [4.78, 5) is 17.0. The predicted molar refractivity (Wildman–Crippen MR) is 100 cm³/mol. The second kappa shape index (κ2) is 6.38. The Balaban J connectivity index is 1.66. The molecule has 1 fully saturated rings. The summed E-state index contributed by atoms with van der Waals surface area (Å²) in [6.07, 6.45) is 0.486. The quantitative estimate of drug-likeness (QED) is 0.709. The minimum absolute atomic E-state index is 0.0623. The van der Waals surface area contributed by atoms with Gasteiger partial charge in [-0.3, -0.25) is 4.79 Å². The van der Waals surface area contributed by atoms with E-state index in [2.05, 4.69) is 6.07 Å². The molecule has 1 saturated carbocycles. The summed E-state index contributed by atoms with van der Waals surface area (Å²) in [5.74, 6) is 0.922. The number of alkyl halides is 2. The molecule has 132 valence electrons. The van der Waals surface area contributed by atoms with Crippen molar-refractivity contribution >= 4 is 46.1 Å². The van der Waals surface area contributed by atoms with Gasteiger partial charge in [-0.05, 0) is 37.6 Å². The Bertz CT molecular complexity index is 820. The number of thiophene rings is 1. The molecule has 1 aromatic carbocycles. The third-order valence-electron chi connectivity index (χ3n) is 4.34. The van der Waals surface area contributed by atoms with Gasteiger partial charge in [0.1, 0.15) is 17.5 Å². The van der Waals surface area contributed by atoms with Crippen molar-refractivity contribution in [3.63, 3.8) is 0 Å². The standard InChI is InChI=1S/C18H17Cl2NO3S/c1-11-2-4-13(25-11)10-21(17(22)14-9-18(14,19)20)12-3-5-15-16(8-12)24-7-6-23-15/h2-5,8,14H,6-7,9-10H2,1H3. The molecule has 1 aliphatic carbocycles. The second-order valence-corrected chi connectivity index (χ2v) is 9.20. The Kier molecular flexibility index (Phi) is 4.34. The van der Waals surface area contributed by atoms with Crippen LogP contribution in [0.25, 0.3) is 0 Å². The van der Waals surface area contributed by atoms with E-state index in [4.69, 9.17) is 32.7 Å². The van der Waals surface area contributed by atoms with Crippen LogP contribution < -0.4 is 14.4 Å². The number of nitrogens with zero attached hydrogens (tertiary/aromatic N) is 1. The Labute approximate surface area is 160 Å². The van der Waals surface area contributed by atoms with Gasteiger partial charge in [0.15, 0.2) is 11.5 Å². The molecule has 25 heavy (non-hydrogen) atoms. The first kappa shape index (κ1) is 17.0. The molecule has 1 unspecified atom stereocenters. The Morgan fingerprint density at radius 3 is 2.60 bits per heavy atom. The number of ether oxygens (including phenoxy) is 2. The molecule has 2 aromatic rings. The van der Waals surface area contributed by atoms with Crippen LogP contribution in [0.1, 0.15) is 16.2 Å². The van der Waals surface area contributed by atoms with Crippen molar-refractivity contribution in [2.45, 2.75) is 24.2 Å². The van der Waals surface area contributed by atoms with Crippen LogP contribution in [0.2, 0.25) is 0 Å². The summed E-state index contributed by atoms with van der Waals surface area (Å²) in [5.41, 5.74) is 0.760. The van der Waals surface area contributed by atoms with Crippen LogP contribution in [0.5, 0.6) is 11.5 Å². The zero-order chi connectivity index (χ0) is 17.6. The highest BCUT2D eigenvalue weighted by Gasteiger charge is 2.57. The van der Waals surface area contributed by atoms with Crippen molar-refractivity contribution in [2.24, 2.45) is 5.92 Å². The van der Waals surface area contributed by atoms with Crippen LogP contribution in [0.3, 0.4) is 0 Å². The lowest BCUT2D eigenvalue weighted by Crippen LogP contribution is -2.33. The molecule has 1 aliphatic heterocycles. The van der Waals surface area contributed by atoms with E-state index in [0.29, 0.717) is 37.7 Å². The normalized spacial score (nSPS) is 20.2. The molecule has 4 nitrogen and oxygen atoms in total. The third kappa shape index (κ3) is 3.46. The van der Waals surface area contributed by atoms with Gasteiger partial charge in [-0.15, -0.1) is 34.5 Å². The fourth-order valence-electron chi connectivity index (χ4n) is 2.89. The molecule has 4 rings (SSSR count). The summed E-state index contributed by atoms with van der Waals surface area (Å²) in [7, 11) is 0. The van der Waals surface area contributed by atoms with Gasteiger partial charge < -0.3 is 14.4 Å². The Morgan fingerprint density at radius 1 is 1.24 bits per heavy atom. The molecule has 0 saturated heterocycles. The smallest absolute Gasteiger partial charge is 0.233 e. The van der Waals surface area contributed by atoms with E-state index >= 15 is 0 Å². The van der Waals surface area contributed by atoms with Crippen molar-refractivity contribution in [2.75, 3.05) is 18.1 Å². The number of fused-ring (bicyclic) bond motifs is 1. The first-order valence-corrected chi connectivity index (χ1v) is 9.65. The molecule has 1 atom stereocenters. The summed E-state index contributed by atoms with van der Waals surface area (Å²) in [6, 6.07) is 9.65. The average molecular weight is 398 g/mol. The minimum atomic E-state index is -0.950. The van der Waals surface area contributed by atoms with Gasteiger partial charge in [-0.2, -0.15) is 0 Å². The summed E-state index contributed by atoms with van der Waals surface area (Å²) < 4.78 is 10.3. The zero-order valence-corrected chi connectivity index (χ0v) is 16.0. The summed E-state index contributed by atoms with van der Waals surface area (Å²) in [6.45, 7) is 3.57. The SMILES string of the molecule is Cc1ccc(CN(C(=O)C2CC2(Cl)Cl)c2ccc3c(c2)OCCO3)s1. The number of amides is 1. The number of aryl methyl sites for hydroxylation is 1. The lowest BCUT2D eigenvalue weighted by Gasteiger charge is -2.25. The lowest BCUT2D eigenvalue weighted by atomic mass is 10.2. The average Bonchev–Trinajstić information content (AvgIpc) is 3.04. The van der Waals surface area contributed by atoms with Crippen molar-refractivity contribution in [1.29, 1.82) is 0 Å². The second-order valence-electron chi connectivity index (χ2n) is 6.28. The molecule has 1 aromatic heterocycles. The monoisotopic (exact) mass is 397 g/mol. The fourth-order valence-corrected chi connectivity index (χ4v) is 4.27. The number of carbonyl (C=O) groups is 1. The van der Waals surface area contributed by atoms with Crippen molar-refractivity contribution < 1.29 is 14.3 Å². The van der Waals surface area contributed by atoms with E-state index in [0.717, 1.165) is 10.6 Å². The van der Waals surface area contributed by atoms with E-state index in [1.54, 1.807) is 16.2 Å². The van der Waals surface area contributed by atoms with Crippen LogP contribution >= 0.6 is 34.5 Å². The molecule has 2 aliphatic rings. The van der Waals surface area contributed by atoms with Gasteiger partial charge in [0.25, 0.3) is 0 Å². The lowest BCUT2D eigenvalue weighted by molar-refractivity contribution is -0.119. The molecule has 1 amide bonds. The van der Waals surface area contributed by atoms with Gasteiger partial charge in [0.05, 0.1) is 12.5 Å². The summed E-state index contributed by atoms with van der Waals surface area (Å²) >= 11 is 13.9. The molecule has 0 N–H and O–H groups in total. The summed E-state index contributed by atoms with van der Waals surface area (Å²) in [5, 5.41) is 0. The van der Waals surface area contributed by atoms with Crippen molar-refractivity contribution in [1.82, 2.24) is 0 Å². The van der Waals surface area contributed by atoms with E-state index in [-0.39, 0.29) is 11.8 Å². The van der Waals surface area contributed by atoms with Gasteiger partial charge in [-0.1, -0.05) is 0 Å². The maximum Gasteiger partial charge on any atom is 0.233 e. The number of halogens is 2. The molecule has 0 radical (unpaired) electrons. The van der Waals surface area contributed by atoms with E-state index in [1.807, 2.05) is 31.2 Å². The molecule has 7 heteroatoms. The predicted octanol–water partition coefficient (Wildman–Crippen LogP) is 4.55. The highest BCUT2D eigenvalue weighted by Crippen LogP contribution is 2.54. The van der Waals surface area contributed by atoms with E-state index in [9.17, 15) is 4.79 Å². The van der Waals surface area contributed by atoms with E-state index in [1.165, 1.54) is 4.88 Å². The number of anilines is 1. The number of benzene rings is 1. The molecular weight excluding hydrogens is 381 g/mol. The van der Waals surface area contributed by atoms with E-state index < -0.39 is 4.33 Å².